The second-order valence-electron chi connectivity index (χ2n) is 6.37. The van der Waals surface area contributed by atoms with E-state index in [1.54, 1.807) is 18.2 Å². The van der Waals surface area contributed by atoms with Crippen LogP contribution in [0.3, 0.4) is 0 Å². The minimum Gasteiger partial charge on any atom is -0.423 e. The average Bonchev–Trinajstić information content (AvgIpc) is 2.76. The molecule has 0 atom stereocenters. The second-order valence-corrected chi connectivity index (χ2v) is 8.03. The van der Waals surface area contributed by atoms with Gasteiger partial charge in [0, 0.05) is 10.7 Å². The van der Waals surface area contributed by atoms with E-state index in [9.17, 15) is 14.4 Å². The van der Waals surface area contributed by atoms with Crippen molar-refractivity contribution in [1.29, 1.82) is 0 Å². The molecule has 11 heteroatoms. The summed E-state index contributed by atoms with van der Waals surface area (Å²) in [7, 11) is 0. The molecule has 0 heterocycles. The van der Waals surface area contributed by atoms with Crippen LogP contribution in [0.5, 0.6) is 5.75 Å². The van der Waals surface area contributed by atoms with Gasteiger partial charge in [-0.1, -0.05) is 58.5 Å². The minimum absolute atomic E-state index is 0.153. The van der Waals surface area contributed by atoms with E-state index < -0.39 is 17.8 Å². The van der Waals surface area contributed by atoms with Gasteiger partial charge in [-0.15, -0.1) is 0 Å². The molecular weight excluding hydrogens is 512 g/mol. The molecule has 0 saturated heterocycles. The van der Waals surface area contributed by atoms with Gasteiger partial charge in [0.1, 0.15) is 5.75 Å². The maximum Gasteiger partial charge on any atom is 0.345 e. The van der Waals surface area contributed by atoms with Crippen LogP contribution in [0, 0.1) is 0 Å². The molecule has 168 valence electrons. The third kappa shape index (κ3) is 6.94. The summed E-state index contributed by atoms with van der Waals surface area (Å²) < 4.78 is 5.31. The highest BCUT2D eigenvalue weighted by molar-refractivity contribution is 6.43. The van der Waals surface area contributed by atoms with Crippen LogP contribution in [-0.4, -0.2) is 24.0 Å². The Morgan fingerprint density at radius 1 is 0.818 bits per heavy atom. The number of anilines is 1. The first kappa shape index (κ1) is 24.5. The van der Waals surface area contributed by atoms with Crippen LogP contribution in [0.1, 0.15) is 15.9 Å². The molecule has 0 aliphatic carbocycles. The van der Waals surface area contributed by atoms with Gasteiger partial charge in [-0.25, -0.2) is 10.2 Å². The molecule has 2 amide bonds. The number of hydrogen-bond acceptors (Lipinski definition) is 5. The van der Waals surface area contributed by atoms with Crippen LogP contribution in [0.25, 0.3) is 0 Å². The number of hydrazone groups is 1. The zero-order valence-electron chi connectivity index (χ0n) is 16.4. The fourth-order valence-electron chi connectivity index (χ4n) is 2.45. The van der Waals surface area contributed by atoms with Gasteiger partial charge in [0.2, 0.25) is 0 Å². The number of nitrogens with one attached hydrogen (secondary N) is 2. The van der Waals surface area contributed by atoms with Gasteiger partial charge in [0.25, 0.3) is 0 Å². The molecule has 3 rings (SSSR count). The van der Waals surface area contributed by atoms with Gasteiger partial charge in [-0.3, -0.25) is 9.59 Å². The van der Waals surface area contributed by atoms with E-state index in [1.807, 2.05) is 0 Å². The number of hydrogen-bond donors (Lipinski definition) is 2. The van der Waals surface area contributed by atoms with Gasteiger partial charge in [0.15, 0.2) is 0 Å². The van der Waals surface area contributed by atoms with Crippen LogP contribution in [0.2, 0.25) is 20.1 Å². The number of rotatable bonds is 5. The molecule has 0 bridgehead atoms. The van der Waals surface area contributed by atoms with Crippen molar-refractivity contribution in [2.45, 2.75) is 0 Å². The Balaban J connectivity index is 1.58. The normalized spacial score (nSPS) is 10.7. The maximum absolute atomic E-state index is 12.3. The molecular formula is C22H13Cl4N3O4. The maximum atomic E-state index is 12.3. The average molecular weight is 525 g/mol. The SMILES string of the molecule is O=C(N/N=C/c1cccc(OC(=O)c2ccc(Cl)cc2Cl)c1)C(=O)Nc1ccc(Cl)c(Cl)c1. The van der Waals surface area contributed by atoms with Gasteiger partial charge >= 0.3 is 17.8 Å². The molecule has 3 aromatic rings. The predicted octanol–water partition coefficient (Wildman–Crippen LogP) is 5.61. The Morgan fingerprint density at radius 2 is 1.61 bits per heavy atom. The lowest BCUT2D eigenvalue weighted by Crippen LogP contribution is -2.32. The van der Waals surface area contributed by atoms with Crippen molar-refractivity contribution in [3.8, 4) is 5.75 Å². The molecule has 33 heavy (non-hydrogen) atoms. The van der Waals surface area contributed by atoms with Crippen molar-refractivity contribution in [3.63, 3.8) is 0 Å². The van der Waals surface area contributed by atoms with Crippen molar-refractivity contribution in [2.24, 2.45) is 5.10 Å². The summed E-state index contributed by atoms with van der Waals surface area (Å²) in [6, 6.07) is 15.1. The third-order valence-corrected chi connectivity index (χ3v) is 5.27. The molecule has 7 nitrogen and oxygen atoms in total. The lowest BCUT2D eigenvalue weighted by Gasteiger charge is -2.07. The van der Waals surface area contributed by atoms with E-state index in [4.69, 9.17) is 51.1 Å². The van der Waals surface area contributed by atoms with E-state index in [0.29, 0.717) is 21.3 Å². The van der Waals surface area contributed by atoms with E-state index in [1.165, 1.54) is 48.7 Å². The van der Waals surface area contributed by atoms with Crippen LogP contribution < -0.4 is 15.5 Å². The fourth-order valence-corrected chi connectivity index (χ4v) is 3.24. The number of carbonyl (C=O) groups excluding carboxylic acids is 3. The quantitative estimate of drug-likeness (QED) is 0.149. The summed E-state index contributed by atoms with van der Waals surface area (Å²) in [6.45, 7) is 0. The number of halogens is 4. The number of nitrogens with zero attached hydrogens (tertiary/aromatic N) is 1. The highest BCUT2D eigenvalue weighted by atomic mass is 35.5. The topological polar surface area (TPSA) is 96.9 Å². The third-order valence-electron chi connectivity index (χ3n) is 3.98. The van der Waals surface area contributed by atoms with Gasteiger partial charge in [-0.05, 0) is 54.1 Å². The number of esters is 1. The summed E-state index contributed by atoms with van der Waals surface area (Å²) in [5, 5.41) is 7.19. The van der Waals surface area contributed by atoms with Gasteiger partial charge in [-0.2, -0.15) is 5.10 Å². The van der Waals surface area contributed by atoms with Crippen LogP contribution in [0.15, 0.2) is 65.8 Å². The highest BCUT2D eigenvalue weighted by Gasteiger charge is 2.15. The number of amides is 2. The summed E-state index contributed by atoms with van der Waals surface area (Å²) in [5.41, 5.74) is 3.04. The summed E-state index contributed by atoms with van der Waals surface area (Å²) in [5.74, 6) is -2.40. The van der Waals surface area contributed by atoms with Crippen molar-refractivity contribution in [3.05, 3.63) is 91.9 Å². The monoisotopic (exact) mass is 523 g/mol. The second kappa shape index (κ2) is 11.2. The first-order chi connectivity index (χ1) is 15.7. The molecule has 0 radical (unpaired) electrons. The molecule has 0 aromatic heterocycles. The van der Waals surface area contributed by atoms with Crippen molar-refractivity contribution < 1.29 is 19.1 Å². The smallest absolute Gasteiger partial charge is 0.345 e. The van der Waals surface area contributed by atoms with E-state index >= 15 is 0 Å². The van der Waals surface area contributed by atoms with Crippen LogP contribution >= 0.6 is 46.4 Å². The Labute approximate surface area is 208 Å². The van der Waals surface area contributed by atoms with Gasteiger partial charge in [0.05, 0.1) is 26.8 Å². The van der Waals surface area contributed by atoms with E-state index in [-0.39, 0.29) is 21.4 Å². The highest BCUT2D eigenvalue weighted by Crippen LogP contribution is 2.25. The Bertz CT molecular complexity index is 1260. The van der Waals surface area contributed by atoms with Crippen molar-refractivity contribution in [1.82, 2.24) is 5.43 Å². The molecule has 2 N–H and O–H groups in total. The number of benzene rings is 3. The number of ether oxygens (including phenoxy) is 1. The molecule has 3 aromatic carbocycles. The first-order valence-electron chi connectivity index (χ1n) is 9.09. The molecule has 0 unspecified atom stereocenters. The minimum atomic E-state index is -1.00. The zero-order valence-corrected chi connectivity index (χ0v) is 19.5. The van der Waals surface area contributed by atoms with Crippen LogP contribution in [0.4, 0.5) is 5.69 Å². The van der Waals surface area contributed by atoms with E-state index in [0.717, 1.165) is 0 Å². The van der Waals surface area contributed by atoms with Gasteiger partial charge < -0.3 is 10.1 Å². The standard InChI is InChI=1S/C22H13Cl4N3O4/c23-13-4-6-16(18(25)9-13)22(32)33-15-3-1-2-12(8-15)11-27-29-21(31)20(30)28-14-5-7-17(24)19(26)10-14/h1-11H,(H,28,30)(H,29,31)/b27-11+. The molecule has 0 saturated carbocycles. The zero-order chi connectivity index (χ0) is 24.0. The first-order valence-corrected chi connectivity index (χ1v) is 10.6. The van der Waals surface area contributed by atoms with Crippen molar-refractivity contribution >= 4 is 76.1 Å². The molecule has 0 aliphatic heterocycles. The lowest BCUT2D eigenvalue weighted by atomic mass is 10.2. The van der Waals surface area contributed by atoms with Crippen LogP contribution in [-0.2, 0) is 9.59 Å². The molecule has 0 spiro atoms. The Morgan fingerprint density at radius 3 is 2.33 bits per heavy atom. The Kier molecular flexibility index (Phi) is 8.30. The summed E-state index contributed by atoms with van der Waals surface area (Å²) in [6.07, 6.45) is 1.27. The van der Waals surface area contributed by atoms with E-state index in [2.05, 4.69) is 15.8 Å². The largest absolute Gasteiger partial charge is 0.423 e. The predicted molar refractivity (Wildman–Crippen MR) is 129 cm³/mol. The lowest BCUT2D eigenvalue weighted by molar-refractivity contribution is -0.136. The summed E-state index contributed by atoms with van der Waals surface area (Å²) in [4.78, 5) is 36.2. The Hall–Kier alpha value is -3.10. The fraction of sp³-hybridized carbons (Fsp3) is 0. The van der Waals surface area contributed by atoms with Crippen molar-refractivity contribution in [2.75, 3.05) is 5.32 Å². The number of carbonyl (C=O) groups is 3. The molecule has 0 aliphatic rings. The molecule has 0 fully saturated rings. The summed E-state index contributed by atoms with van der Waals surface area (Å²) >= 11 is 23.5.